The van der Waals surface area contributed by atoms with E-state index in [1.54, 1.807) is 11.8 Å². The molecule has 0 spiro atoms. The first kappa shape index (κ1) is 25.4. The zero-order valence-electron chi connectivity index (χ0n) is 19.5. The molecule has 1 aliphatic carbocycles. The number of hydrogen-bond acceptors (Lipinski definition) is 10. The van der Waals surface area contributed by atoms with Crippen LogP contribution >= 0.6 is 39.0 Å². The molecule has 11 heteroatoms. The number of hydrogen-bond donors (Lipinski definition) is 1. The van der Waals surface area contributed by atoms with Gasteiger partial charge in [-0.1, -0.05) is 71.1 Å². The summed E-state index contributed by atoms with van der Waals surface area (Å²) in [5.74, 6) is -0.574. The Labute approximate surface area is 220 Å². The molecule has 2 heterocycles. The third-order valence-electron chi connectivity index (χ3n) is 5.80. The van der Waals surface area contributed by atoms with Crippen molar-refractivity contribution in [2.45, 2.75) is 43.9 Å². The van der Waals surface area contributed by atoms with Crippen molar-refractivity contribution in [1.29, 1.82) is 5.26 Å². The van der Waals surface area contributed by atoms with Gasteiger partial charge in [-0.05, 0) is 30.4 Å². The lowest BCUT2D eigenvalue weighted by Gasteiger charge is -2.42. The molecule has 4 rings (SSSR count). The van der Waals surface area contributed by atoms with Crippen molar-refractivity contribution < 1.29 is 14.3 Å². The van der Waals surface area contributed by atoms with Crippen LogP contribution < -0.4 is 10.6 Å². The van der Waals surface area contributed by atoms with Crippen LogP contribution in [0.5, 0.6) is 0 Å². The second-order valence-corrected chi connectivity index (χ2v) is 12.0. The number of nitriles is 1. The fourth-order valence-electron chi connectivity index (χ4n) is 4.42. The summed E-state index contributed by atoms with van der Waals surface area (Å²) in [6.07, 6.45) is 0.954. The Morgan fingerprint density at radius 1 is 1.37 bits per heavy atom. The van der Waals surface area contributed by atoms with Gasteiger partial charge in [-0.2, -0.15) is 5.26 Å². The molecular formula is C24H24BrN5O3S2. The van der Waals surface area contributed by atoms with E-state index >= 15 is 0 Å². The fraction of sp³-hybridized carbons (Fsp3) is 0.375. The summed E-state index contributed by atoms with van der Waals surface area (Å²) in [5, 5.41) is 19.1. The van der Waals surface area contributed by atoms with Gasteiger partial charge in [0.05, 0.1) is 29.9 Å². The van der Waals surface area contributed by atoms with Crippen LogP contribution in [0.4, 0.5) is 5.13 Å². The Balaban J connectivity index is 1.82. The van der Waals surface area contributed by atoms with Gasteiger partial charge in [0.1, 0.15) is 5.82 Å². The number of rotatable bonds is 6. The molecule has 0 amide bonds. The smallest absolute Gasteiger partial charge is 0.316 e. The quantitative estimate of drug-likeness (QED) is 0.379. The summed E-state index contributed by atoms with van der Waals surface area (Å²) >= 11 is 6.07. The molecule has 0 bridgehead atoms. The van der Waals surface area contributed by atoms with Crippen LogP contribution in [0.25, 0.3) is 0 Å². The van der Waals surface area contributed by atoms with Crippen LogP contribution in [-0.2, 0) is 14.3 Å². The van der Waals surface area contributed by atoms with E-state index in [0.717, 1.165) is 15.7 Å². The zero-order valence-corrected chi connectivity index (χ0v) is 22.7. The highest BCUT2D eigenvalue weighted by Crippen LogP contribution is 2.51. The number of benzene rings is 1. The minimum atomic E-state index is -0.573. The third kappa shape index (κ3) is 5.01. The Morgan fingerprint density at radius 3 is 2.80 bits per heavy atom. The molecule has 1 aromatic carbocycles. The van der Waals surface area contributed by atoms with Gasteiger partial charge >= 0.3 is 5.97 Å². The first-order valence-electron chi connectivity index (χ1n) is 11.0. The molecule has 8 nitrogen and oxygen atoms in total. The summed E-state index contributed by atoms with van der Waals surface area (Å²) in [7, 11) is 0. The number of ketones is 1. The van der Waals surface area contributed by atoms with E-state index in [-0.39, 0.29) is 28.7 Å². The van der Waals surface area contributed by atoms with Crippen LogP contribution in [0.2, 0.25) is 0 Å². The average molecular weight is 575 g/mol. The number of ether oxygens (including phenoxy) is 1. The largest absolute Gasteiger partial charge is 0.465 e. The van der Waals surface area contributed by atoms with Gasteiger partial charge in [0.15, 0.2) is 10.1 Å². The van der Waals surface area contributed by atoms with Crippen molar-refractivity contribution >= 4 is 55.9 Å². The lowest BCUT2D eigenvalue weighted by Crippen LogP contribution is -2.42. The molecule has 0 fully saturated rings. The number of nitrogens with two attached hydrogens (primary N) is 1. The molecule has 1 aromatic heterocycles. The molecule has 1 atom stereocenters. The molecule has 182 valence electrons. The number of nitrogens with zero attached hydrogens (tertiary/aromatic N) is 4. The van der Waals surface area contributed by atoms with Crippen molar-refractivity contribution in [2.24, 2.45) is 11.1 Å². The Morgan fingerprint density at radius 2 is 2.11 bits per heavy atom. The van der Waals surface area contributed by atoms with E-state index < -0.39 is 5.92 Å². The number of Topliss-reactive ketones (excluding diaryl/α,β-unsaturated/α-hetero) is 1. The highest BCUT2D eigenvalue weighted by atomic mass is 79.9. The number of carbonyl (C=O) groups excluding carboxylic acids is 2. The molecule has 0 saturated carbocycles. The van der Waals surface area contributed by atoms with Crippen molar-refractivity contribution in [1.82, 2.24) is 10.2 Å². The van der Waals surface area contributed by atoms with Gasteiger partial charge in [-0.25, -0.2) is 0 Å². The third-order valence-corrected chi connectivity index (χ3v) is 8.54. The van der Waals surface area contributed by atoms with Crippen LogP contribution in [0.3, 0.4) is 0 Å². The number of anilines is 1. The summed E-state index contributed by atoms with van der Waals surface area (Å²) in [6, 6.07) is 9.83. The Kier molecular flexibility index (Phi) is 7.35. The fourth-order valence-corrected chi connectivity index (χ4v) is 6.61. The number of halogens is 1. The van der Waals surface area contributed by atoms with Crippen LogP contribution in [0.15, 0.2) is 55.7 Å². The van der Waals surface area contributed by atoms with Gasteiger partial charge < -0.3 is 10.5 Å². The molecule has 2 N–H and O–H groups in total. The maximum absolute atomic E-state index is 13.6. The average Bonchev–Trinajstić information content (AvgIpc) is 3.25. The molecule has 35 heavy (non-hydrogen) atoms. The van der Waals surface area contributed by atoms with Crippen LogP contribution in [-0.4, -0.2) is 34.3 Å². The van der Waals surface area contributed by atoms with Gasteiger partial charge in [0.25, 0.3) is 0 Å². The van der Waals surface area contributed by atoms with Gasteiger partial charge in [0.2, 0.25) is 5.13 Å². The van der Waals surface area contributed by atoms with E-state index in [4.69, 9.17) is 10.5 Å². The zero-order chi connectivity index (χ0) is 25.3. The number of thioether (sulfide) groups is 1. The molecule has 1 aliphatic heterocycles. The van der Waals surface area contributed by atoms with E-state index in [9.17, 15) is 14.9 Å². The number of carbonyl (C=O) groups is 2. The molecule has 2 aliphatic rings. The highest BCUT2D eigenvalue weighted by molar-refractivity contribution is 9.10. The maximum Gasteiger partial charge on any atom is 0.316 e. The predicted molar refractivity (Wildman–Crippen MR) is 139 cm³/mol. The first-order chi connectivity index (χ1) is 16.7. The van der Waals surface area contributed by atoms with Crippen molar-refractivity contribution in [2.75, 3.05) is 17.3 Å². The number of allylic oxidation sites excluding steroid dienone is 3. The minimum Gasteiger partial charge on any atom is -0.465 e. The topological polar surface area (TPSA) is 122 Å². The second-order valence-electron chi connectivity index (χ2n) is 8.95. The van der Waals surface area contributed by atoms with Gasteiger partial charge in [0, 0.05) is 22.2 Å². The molecule has 0 saturated heterocycles. The van der Waals surface area contributed by atoms with Crippen LogP contribution in [0.1, 0.15) is 45.1 Å². The van der Waals surface area contributed by atoms with Gasteiger partial charge in [-0.3, -0.25) is 14.5 Å². The molecule has 1 unspecified atom stereocenters. The molecule has 2 aromatic rings. The number of esters is 1. The Bertz CT molecular complexity index is 1290. The summed E-state index contributed by atoms with van der Waals surface area (Å²) in [5.41, 5.74) is 8.76. The summed E-state index contributed by atoms with van der Waals surface area (Å²) < 4.78 is 6.34. The summed E-state index contributed by atoms with van der Waals surface area (Å²) in [4.78, 5) is 27.0. The minimum absolute atomic E-state index is 0.0105. The normalized spacial score (nSPS) is 19.5. The maximum atomic E-state index is 13.6. The van der Waals surface area contributed by atoms with Crippen molar-refractivity contribution in [3.63, 3.8) is 0 Å². The van der Waals surface area contributed by atoms with Crippen molar-refractivity contribution in [3.8, 4) is 6.07 Å². The molecule has 0 radical (unpaired) electrons. The van der Waals surface area contributed by atoms with E-state index in [1.807, 2.05) is 38.1 Å². The lowest BCUT2D eigenvalue weighted by atomic mass is 9.69. The SMILES string of the molecule is CCOC(=O)CSc1nnc(N2C(N)=C(C#N)C(c3ccccc3Br)C3=C2CC(C)(C)CC3=O)s1. The Hall–Kier alpha value is -2.68. The highest BCUT2D eigenvalue weighted by Gasteiger charge is 2.45. The first-order valence-corrected chi connectivity index (χ1v) is 13.6. The van der Waals surface area contributed by atoms with Crippen LogP contribution in [0, 0.1) is 16.7 Å². The van der Waals surface area contributed by atoms with Crippen molar-refractivity contribution in [3.05, 3.63) is 57.0 Å². The summed E-state index contributed by atoms with van der Waals surface area (Å²) in [6.45, 7) is 6.15. The standard InChI is InChI=1S/C24H24BrN5O3S2/c1-4-33-18(32)12-34-23-29-28-22(35-23)30-16-9-24(2,3)10-17(31)20(16)19(14(11-26)21(30)27)13-7-5-6-8-15(13)25/h5-8,19H,4,9-10,12,27H2,1-3H3. The lowest BCUT2D eigenvalue weighted by molar-refractivity contribution is -0.139. The van der Waals surface area contributed by atoms with E-state index in [0.29, 0.717) is 40.1 Å². The van der Waals surface area contributed by atoms with Gasteiger partial charge in [-0.15, -0.1) is 10.2 Å². The second kappa shape index (κ2) is 10.1. The predicted octanol–water partition coefficient (Wildman–Crippen LogP) is 4.90. The molecular weight excluding hydrogens is 550 g/mol. The monoisotopic (exact) mass is 573 g/mol. The van der Waals surface area contributed by atoms with E-state index in [1.165, 1.54) is 23.1 Å². The van der Waals surface area contributed by atoms with E-state index in [2.05, 4.69) is 32.2 Å². The number of aromatic nitrogens is 2.